The monoisotopic (exact) mass is 516 g/mol. The molecule has 0 saturated carbocycles. The fourth-order valence-corrected chi connectivity index (χ4v) is 5.28. The van der Waals surface area contributed by atoms with Crippen molar-refractivity contribution in [2.75, 3.05) is 31.6 Å². The van der Waals surface area contributed by atoms with Gasteiger partial charge in [-0.15, -0.1) is 0 Å². The van der Waals surface area contributed by atoms with Gasteiger partial charge < -0.3 is 14.8 Å². The van der Waals surface area contributed by atoms with E-state index < -0.39 is 15.9 Å². The van der Waals surface area contributed by atoms with Crippen molar-refractivity contribution in [1.29, 1.82) is 0 Å². The zero-order chi connectivity index (χ0) is 25.4. The van der Waals surface area contributed by atoms with Crippen LogP contribution in [0.1, 0.15) is 17.5 Å². The maximum absolute atomic E-state index is 13.4. The minimum absolute atomic E-state index is 0.0978. The highest BCUT2D eigenvalue weighted by Crippen LogP contribution is 2.30. The second-order valence-corrected chi connectivity index (χ2v) is 10.2. The number of hydrogen-bond acceptors (Lipinski definition) is 5. The van der Waals surface area contributed by atoms with Gasteiger partial charge in [-0.05, 0) is 67.3 Å². The van der Waals surface area contributed by atoms with E-state index in [4.69, 9.17) is 21.1 Å². The molecule has 186 valence electrons. The highest BCUT2D eigenvalue weighted by molar-refractivity contribution is 7.92. The van der Waals surface area contributed by atoms with Crippen LogP contribution in [-0.4, -0.2) is 41.6 Å². The number of rotatable bonds is 11. The van der Waals surface area contributed by atoms with Gasteiger partial charge in [-0.2, -0.15) is 0 Å². The SMILES string of the molecule is COc1ccc(CCCNC(=O)CN(c2cc(Cl)ccc2C)S(=O)(=O)c2ccccc2)cc1OC. The number of methoxy groups -OCH3 is 2. The van der Waals surface area contributed by atoms with E-state index in [9.17, 15) is 13.2 Å². The molecule has 3 aromatic carbocycles. The smallest absolute Gasteiger partial charge is 0.264 e. The molecule has 0 atom stereocenters. The van der Waals surface area contributed by atoms with Crippen molar-refractivity contribution < 1.29 is 22.7 Å². The average Bonchev–Trinajstić information content (AvgIpc) is 2.87. The van der Waals surface area contributed by atoms with Gasteiger partial charge in [-0.1, -0.05) is 41.9 Å². The van der Waals surface area contributed by atoms with Gasteiger partial charge in [-0.3, -0.25) is 9.10 Å². The molecule has 9 heteroatoms. The van der Waals surface area contributed by atoms with Crippen molar-refractivity contribution in [2.45, 2.75) is 24.7 Å². The van der Waals surface area contributed by atoms with Gasteiger partial charge in [0.05, 0.1) is 24.8 Å². The van der Waals surface area contributed by atoms with Crippen molar-refractivity contribution in [3.05, 3.63) is 82.9 Å². The number of ether oxygens (including phenoxy) is 2. The topological polar surface area (TPSA) is 84.9 Å². The molecule has 1 N–H and O–H groups in total. The van der Waals surface area contributed by atoms with Crippen LogP contribution in [0.5, 0.6) is 11.5 Å². The van der Waals surface area contributed by atoms with Crippen molar-refractivity contribution >= 4 is 33.2 Å². The summed E-state index contributed by atoms with van der Waals surface area (Å²) in [6.45, 7) is 1.80. The quantitative estimate of drug-likeness (QED) is 0.376. The van der Waals surface area contributed by atoms with Crippen LogP contribution in [0.3, 0.4) is 0 Å². The van der Waals surface area contributed by atoms with E-state index in [0.29, 0.717) is 47.2 Å². The third-order valence-electron chi connectivity index (χ3n) is 5.47. The second kappa shape index (κ2) is 12.0. The normalized spacial score (nSPS) is 11.1. The molecule has 0 radical (unpaired) electrons. The van der Waals surface area contributed by atoms with Gasteiger partial charge in [0.15, 0.2) is 11.5 Å². The molecule has 0 heterocycles. The Kier molecular flexibility index (Phi) is 9.01. The van der Waals surface area contributed by atoms with Gasteiger partial charge in [0.1, 0.15) is 6.54 Å². The molecule has 3 aromatic rings. The molecular formula is C26H29ClN2O5S. The first-order chi connectivity index (χ1) is 16.8. The van der Waals surface area contributed by atoms with E-state index >= 15 is 0 Å². The molecule has 35 heavy (non-hydrogen) atoms. The number of nitrogens with zero attached hydrogens (tertiary/aromatic N) is 1. The van der Waals surface area contributed by atoms with Crippen LogP contribution in [-0.2, 0) is 21.2 Å². The molecule has 7 nitrogen and oxygen atoms in total. The first-order valence-corrected chi connectivity index (χ1v) is 12.9. The van der Waals surface area contributed by atoms with E-state index in [-0.39, 0.29) is 11.4 Å². The number of hydrogen-bond donors (Lipinski definition) is 1. The van der Waals surface area contributed by atoms with Crippen LogP contribution in [0.25, 0.3) is 0 Å². The van der Waals surface area contributed by atoms with E-state index in [2.05, 4.69) is 5.32 Å². The van der Waals surface area contributed by atoms with Crippen LogP contribution in [0, 0.1) is 6.92 Å². The number of anilines is 1. The van der Waals surface area contributed by atoms with E-state index in [1.807, 2.05) is 18.2 Å². The van der Waals surface area contributed by atoms with Gasteiger partial charge >= 0.3 is 0 Å². The number of carbonyl (C=O) groups is 1. The lowest BCUT2D eigenvalue weighted by molar-refractivity contribution is -0.119. The Labute approximate surface area is 211 Å². The summed E-state index contributed by atoms with van der Waals surface area (Å²) in [7, 11) is -0.824. The van der Waals surface area contributed by atoms with E-state index in [0.717, 1.165) is 9.87 Å². The second-order valence-electron chi connectivity index (χ2n) is 7.90. The van der Waals surface area contributed by atoms with Gasteiger partial charge in [-0.25, -0.2) is 8.42 Å². The summed E-state index contributed by atoms with van der Waals surface area (Å²) in [6.07, 6.45) is 1.38. The molecule has 0 spiro atoms. The van der Waals surface area contributed by atoms with Gasteiger partial charge in [0.25, 0.3) is 10.0 Å². The summed E-state index contributed by atoms with van der Waals surface area (Å²) in [5.74, 6) is 0.893. The zero-order valence-corrected chi connectivity index (χ0v) is 21.5. The number of nitrogens with one attached hydrogen (secondary N) is 1. The predicted octanol–water partition coefficient (Wildman–Crippen LogP) is 4.61. The summed E-state index contributed by atoms with van der Waals surface area (Å²) < 4.78 is 38.6. The molecule has 0 saturated heterocycles. The van der Waals surface area contributed by atoms with Crippen molar-refractivity contribution in [1.82, 2.24) is 5.32 Å². The largest absolute Gasteiger partial charge is 0.493 e. The van der Waals surface area contributed by atoms with Crippen molar-refractivity contribution in [3.8, 4) is 11.5 Å². The predicted molar refractivity (Wildman–Crippen MR) is 138 cm³/mol. The molecular weight excluding hydrogens is 488 g/mol. The van der Waals surface area contributed by atoms with Crippen molar-refractivity contribution in [2.24, 2.45) is 0 Å². The van der Waals surface area contributed by atoms with Crippen LogP contribution in [0.15, 0.2) is 71.6 Å². The molecule has 0 fully saturated rings. The molecule has 3 rings (SSSR count). The Morgan fingerprint density at radius 3 is 2.37 bits per heavy atom. The third kappa shape index (κ3) is 6.68. The fraction of sp³-hybridized carbons (Fsp3) is 0.269. The molecule has 1 amide bonds. The summed E-state index contributed by atoms with van der Waals surface area (Å²) in [5.41, 5.74) is 2.09. The number of amides is 1. The summed E-state index contributed by atoms with van der Waals surface area (Å²) >= 11 is 6.16. The third-order valence-corrected chi connectivity index (χ3v) is 7.48. The van der Waals surface area contributed by atoms with Gasteiger partial charge in [0, 0.05) is 11.6 Å². The lowest BCUT2D eigenvalue weighted by Crippen LogP contribution is -2.41. The summed E-state index contributed by atoms with van der Waals surface area (Å²) in [4.78, 5) is 12.9. The minimum Gasteiger partial charge on any atom is -0.493 e. The van der Waals surface area contributed by atoms with Crippen LogP contribution in [0.2, 0.25) is 5.02 Å². The molecule has 0 aliphatic rings. The lowest BCUT2D eigenvalue weighted by atomic mass is 10.1. The number of carbonyl (C=O) groups excluding carboxylic acids is 1. The number of benzene rings is 3. The Hall–Kier alpha value is -3.23. The van der Waals surface area contributed by atoms with Crippen LogP contribution >= 0.6 is 11.6 Å². The molecule has 0 bridgehead atoms. The molecule has 0 aliphatic heterocycles. The molecule has 0 aliphatic carbocycles. The Morgan fingerprint density at radius 1 is 0.971 bits per heavy atom. The summed E-state index contributed by atoms with van der Waals surface area (Å²) in [5, 5.41) is 3.21. The first kappa shape index (κ1) is 26.4. The van der Waals surface area contributed by atoms with Crippen LogP contribution in [0.4, 0.5) is 5.69 Å². The number of aryl methyl sites for hydroxylation is 2. The fourth-order valence-electron chi connectivity index (χ4n) is 3.61. The maximum Gasteiger partial charge on any atom is 0.264 e. The Bertz CT molecular complexity index is 1270. The highest BCUT2D eigenvalue weighted by Gasteiger charge is 2.28. The molecule has 0 aromatic heterocycles. The number of sulfonamides is 1. The summed E-state index contributed by atoms with van der Waals surface area (Å²) in [6, 6.07) is 18.7. The minimum atomic E-state index is -3.99. The van der Waals surface area contributed by atoms with Gasteiger partial charge in [0.2, 0.25) is 5.91 Å². The van der Waals surface area contributed by atoms with Crippen LogP contribution < -0.4 is 19.1 Å². The van der Waals surface area contributed by atoms with E-state index in [1.54, 1.807) is 57.5 Å². The van der Waals surface area contributed by atoms with E-state index in [1.165, 1.54) is 12.1 Å². The standard InChI is InChI=1S/C26H29ClN2O5S/c1-19-11-13-21(27)17-23(19)29(35(31,32)22-9-5-4-6-10-22)18-26(30)28-15-7-8-20-12-14-24(33-2)25(16-20)34-3/h4-6,9-14,16-17H,7-8,15,18H2,1-3H3,(H,28,30). The maximum atomic E-state index is 13.4. The Morgan fingerprint density at radius 2 is 1.69 bits per heavy atom. The average molecular weight is 517 g/mol. The first-order valence-electron chi connectivity index (χ1n) is 11.1. The van der Waals surface area contributed by atoms with Crippen molar-refractivity contribution in [3.63, 3.8) is 0 Å². The Balaban J connectivity index is 1.70. The lowest BCUT2D eigenvalue weighted by Gasteiger charge is -2.26. The molecule has 0 unspecified atom stereocenters. The zero-order valence-electron chi connectivity index (χ0n) is 20.0. The highest BCUT2D eigenvalue weighted by atomic mass is 35.5. The number of halogens is 1.